The molecule has 2 aliphatic heterocycles. The summed E-state index contributed by atoms with van der Waals surface area (Å²) in [6.45, 7) is 5.96. The van der Waals surface area contributed by atoms with Gasteiger partial charge in [-0.15, -0.1) is 0 Å². The average molecular weight is 358 g/mol. The minimum absolute atomic E-state index is 0.148. The molecule has 2 aliphatic rings. The van der Waals surface area contributed by atoms with E-state index in [1.54, 1.807) is 6.07 Å². The van der Waals surface area contributed by atoms with Crippen molar-refractivity contribution < 1.29 is 9.53 Å². The minimum Gasteiger partial charge on any atom is -0.370 e. The van der Waals surface area contributed by atoms with Gasteiger partial charge in [-0.05, 0) is 17.7 Å². The van der Waals surface area contributed by atoms with Gasteiger partial charge in [0.05, 0.1) is 29.7 Å². The molecule has 0 saturated carbocycles. The maximum Gasteiger partial charge on any atom is 0.236 e. The summed E-state index contributed by atoms with van der Waals surface area (Å²) < 4.78 is 5.81. The number of amides is 1. The van der Waals surface area contributed by atoms with Crippen molar-refractivity contribution in [2.24, 2.45) is 0 Å². The number of ether oxygens (including phenoxy) is 1. The van der Waals surface area contributed by atoms with Crippen molar-refractivity contribution >= 4 is 29.1 Å². The number of rotatable bonds is 3. The normalized spacial score (nSPS) is 23.0. The second kappa shape index (κ2) is 7.81. The predicted molar refractivity (Wildman–Crippen MR) is 91.0 cm³/mol. The first-order valence-electron chi connectivity index (χ1n) is 7.91. The molecule has 2 heterocycles. The zero-order valence-corrected chi connectivity index (χ0v) is 14.4. The van der Waals surface area contributed by atoms with Gasteiger partial charge in [0, 0.05) is 32.7 Å². The molecule has 1 amide bonds. The third-order valence-electron chi connectivity index (χ3n) is 4.30. The number of piperazine rings is 1. The predicted octanol–water partition coefficient (Wildman–Crippen LogP) is 1.80. The fraction of sp³-hybridized carbons (Fsp3) is 0.562. The fourth-order valence-electron chi connectivity index (χ4n) is 2.95. The fourth-order valence-corrected chi connectivity index (χ4v) is 3.26. The van der Waals surface area contributed by atoms with Crippen LogP contribution in [-0.4, -0.2) is 68.1 Å². The molecule has 0 radical (unpaired) electrons. The summed E-state index contributed by atoms with van der Waals surface area (Å²) >= 11 is 12.0. The van der Waals surface area contributed by atoms with Crippen molar-refractivity contribution in [3.63, 3.8) is 0 Å². The second-order valence-corrected chi connectivity index (χ2v) is 6.71. The molecule has 1 atom stereocenters. The maximum atomic E-state index is 12.5. The van der Waals surface area contributed by atoms with Crippen molar-refractivity contribution in [2.75, 3.05) is 52.4 Å². The largest absolute Gasteiger partial charge is 0.370 e. The lowest BCUT2D eigenvalue weighted by molar-refractivity contribution is -0.140. The van der Waals surface area contributed by atoms with Crippen molar-refractivity contribution in [3.8, 4) is 0 Å². The molecule has 23 heavy (non-hydrogen) atoms. The van der Waals surface area contributed by atoms with Crippen molar-refractivity contribution in [3.05, 3.63) is 33.8 Å². The van der Waals surface area contributed by atoms with Crippen LogP contribution in [0.2, 0.25) is 10.0 Å². The molecule has 7 heteroatoms. The number of carbonyl (C=O) groups is 1. The SMILES string of the molecule is O=C(CN1CCNCC1)N1CCO[C@H](c2ccc(Cl)c(Cl)c2)C1. The van der Waals surface area contributed by atoms with Gasteiger partial charge in [-0.3, -0.25) is 9.69 Å². The van der Waals surface area contributed by atoms with Crippen LogP contribution in [0, 0.1) is 0 Å². The molecule has 3 rings (SSSR count). The van der Waals surface area contributed by atoms with E-state index in [0.717, 1.165) is 31.7 Å². The summed E-state index contributed by atoms with van der Waals surface area (Å²) in [7, 11) is 0. The van der Waals surface area contributed by atoms with Crippen LogP contribution in [0.25, 0.3) is 0 Å². The lowest BCUT2D eigenvalue weighted by Gasteiger charge is -2.35. The number of carbonyl (C=O) groups excluding carboxylic acids is 1. The number of nitrogens with one attached hydrogen (secondary N) is 1. The van der Waals surface area contributed by atoms with Crippen LogP contribution in [0.3, 0.4) is 0 Å². The highest BCUT2D eigenvalue weighted by molar-refractivity contribution is 6.42. The van der Waals surface area contributed by atoms with Crippen LogP contribution in [0.15, 0.2) is 18.2 Å². The monoisotopic (exact) mass is 357 g/mol. The molecular weight excluding hydrogens is 337 g/mol. The van der Waals surface area contributed by atoms with Gasteiger partial charge in [0.1, 0.15) is 6.10 Å². The van der Waals surface area contributed by atoms with E-state index in [1.807, 2.05) is 17.0 Å². The Labute approximate surface area is 146 Å². The maximum absolute atomic E-state index is 12.5. The van der Waals surface area contributed by atoms with Crippen LogP contribution >= 0.6 is 23.2 Å². The molecule has 2 fully saturated rings. The van der Waals surface area contributed by atoms with E-state index in [2.05, 4.69) is 10.2 Å². The molecule has 0 aromatic heterocycles. The smallest absolute Gasteiger partial charge is 0.236 e. The molecule has 1 N–H and O–H groups in total. The molecular formula is C16H21Cl2N3O2. The molecule has 0 spiro atoms. The van der Waals surface area contributed by atoms with Crippen LogP contribution in [-0.2, 0) is 9.53 Å². The van der Waals surface area contributed by atoms with Gasteiger partial charge >= 0.3 is 0 Å². The van der Waals surface area contributed by atoms with Crippen LogP contribution < -0.4 is 5.32 Å². The van der Waals surface area contributed by atoms with E-state index in [-0.39, 0.29) is 12.0 Å². The van der Waals surface area contributed by atoms with Gasteiger partial charge in [-0.25, -0.2) is 0 Å². The lowest BCUT2D eigenvalue weighted by Crippen LogP contribution is -2.50. The number of benzene rings is 1. The van der Waals surface area contributed by atoms with Gasteiger partial charge < -0.3 is 15.0 Å². The Morgan fingerprint density at radius 1 is 1.22 bits per heavy atom. The second-order valence-electron chi connectivity index (χ2n) is 5.90. The van der Waals surface area contributed by atoms with Gasteiger partial charge in [-0.2, -0.15) is 0 Å². The quantitative estimate of drug-likeness (QED) is 0.895. The molecule has 126 valence electrons. The number of hydrogen-bond donors (Lipinski definition) is 1. The molecule has 0 aliphatic carbocycles. The molecule has 1 aromatic carbocycles. The molecule has 5 nitrogen and oxygen atoms in total. The summed E-state index contributed by atoms with van der Waals surface area (Å²) in [6, 6.07) is 5.49. The van der Waals surface area contributed by atoms with Crippen molar-refractivity contribution in [2.45, 2.75) is 6.10 Å². The highest BCUT2D eigenvalue weighted by atomic mass is 35.5. The van der Waals surface area contributed by atoms with Gasteiger partial charge in [0.25, 0.3) is 0 Å². The molecule has 0 unspecified atom stereocenters. The number of nitrogens with zero attached hydrogens (tertiary/aromatic N) is 2. The van der Waals surface area contributed by atoms with E-state index >= 15 is 0 Å². The number of halogens is 2. The highest BCUT2D eigenvalue weighted by Gasteiger charge is 2.27. The van der Waals surface area contributed by atoms with Crippen molar-refractivity contribution in [1.29, 1.82) is 0 Å². The summed E-state index contributed by atoms with van der Waals surface area (Å²) in [5, 5.41) is 4.33. The summed E-state index contributed by atoms with van der Waals surface area (Å²) in [5.74, 6) is 0.167. The lowest BCUT2D eigenvalue weighted by atomic mass is 10.1. The van der Waals surface area contributed by atoms with Crippen LogP contribution in [0.4, 0.5) is 0 Å². The van der Waals surface area contributed by atoms with Crippen LogP contribution in [0.5, 0.6) is 0 Å². The Morgan fingerprint density at radius 2 is 2.00 bits per heavy atom. The standard InChI is InChI=1S/C16H21Cl2N3O2/c17-13-2-1-12(9-14(13)18)15-10-21(7-8-23-15)16(22)11-20-5-3-19-4-6-20/h1-2,9,15,19H,3-8,10-11H2/t15-/m0/s1. The Kier molecular flexibility index (Phi) is 5.77. The van der Waals surface area contributed by atoms with Crippen molar-refractivity contribution in [1.82, 2.24) is 15.1 Å². The molecule has 0 bridgehead atoms. The first-order valence-corrected chi connectivity index (χ1v) is 8.66. The van der Waals surface area contributed by atoms with Gasteiger partial charge in [0.2, 0.25) is 5.91 Å². The summed E-state index contributed by atoms with van der Waals surface area (Å²) in [4.78, 5) is 16.6. The Bertz CT molecular complexity index is 564. The minimum atomic E-state index is -0.148. The van der Waals surface area contributed by atoms with E-state index in [1.165, 1.54) is 0 Å². The van der Waals surface area contributed by atoms with E-state index in [4.69, 9.17) is 27.9 Å². The van der Waals surface area contributed by atoms with Crippen LogP contribution in [0.1, 0.15) is 11.7 Å². The highest BCUT2D eigenvalue weighted by Crippen LogP contribution is 2.29. The molecule has 2 saturated heterocycles. The van der Waals surface area contributed by atoms with E-state index in [9.17, 15) is 4.79 Å². The third-order valence-corrected chi connectivity index (χ3v) is 5.04. The Balaban J connectivity index is 1.60. The summed E-state index contributed by atoms with van der Waals surface area (Å²) in [6.07, 6.45) is -0.148. The Hall–Kier alpha value is -0.850. The van der Waals surface area contributed by atoms with Gasteiger partial charge in [0.15, 0.2) is 0 Å². The molecule has 1 aromatic rings. The van der Waals surface area contributed by atoms with E-state index in [0.29, 0.717) is 36.3 Å². The first kappa shape index (κ1) is 17.0. The number of morpholine rings is 1. The average Bonchev–Trinajstić information content (AvgIpc) is 2.58. The summed E-state index contributed by atoms with van der Waals surface area (Å²) in [5.41, 5.74) is 0.957. The Morgan fingerprint density at radius 3 is 2.74 bits per heavy atom. The third kappa shape index (κ3) is 4.37. The zero-order valence-electron chi connectivity index (χ0n) is 12.9. The topological polar surface area (TPSA) is 44.8 Å². The van der Waals surface area contributed by atoms with E-state index < -0.39 is 0 Å². The van der Waals surface area contributed by atoms with Gasteiger partial charge in [-0.1, -0.05) is 29.3 Å². The zero-order chi connectivity index (χ0) is 16.2. The first-order chi connectivity index (χ1) is 11.1. The number of hydrogen-bond acceptors (Lipinski definition) is 4.